The van der Waals surface area contributed by atoms with Gasteiger partial charge in [-0.3, -0.25) is 4.52 Å². The third-order valence-corrected chi connectivity index (χ3v) is 4.98. The molecular weight excluding hydrogens is 470 g/mol. The third kappa shape index (κ3) is 31.1. The monoisotopic (exact) mass is 520 g/mol. The molecule has 0 saturated heterocycles. The average molecular weight is 521 g/mol. The van der Waals surface area contributed by atoms with Gasteiger partial charge in [-0.2, -0.15) is 0 Å². The molecule has 0 aliphatic heterocycles. The summed E-state index contributed by atoms with van der Waals surface area (Å²) in [6.07, 6.45) is 3.39. The predicted molar refractivity (Wildman–Crippen MR) is 144 cm³/mol. The zero-order chi connectivity index (χ0) is 26.8. The van der Waals surface area contributed by atoms with Crippen LogP contribution in [0.3, 0.4) is 0 Å². The molecule has 8 heteroatoms. The summed E-state index contributed by atoms with van der Waals surface area (Å²) in [4.78, 5) is 10.1. The van der Waals surface area contributed by atoms with Gasteiger partial charge >= 0.3 is 17.4 Å². The normalized spacial score (nSPS) is 13.2. The first-order valence-corrected chi connectivity index (χ1v) is 13.8. The van der Waals surface area contributed by atoms with Crippen LogP contribution in [0.1, 0.15) is 88.5 Å². The Labute approximate surface area is 213 Å². The van der Waals surface area contributed by atoms with Crippen molar-refractivity contribution in [3.05, 3.63) is 30.3 Å². The fourth-order valence-electron chi connectivity index (χ4n) is 2.35. The number of para-hydroxylation sites is 1. The van der Waals surface area contributed by atoms with Crippen molar-refractivity contribution in [3.63, 3.8) is 0 Å². The Morgan fingerprint density at radius 1 is 0.765 bits per heavy atom. The lowest BCUT2D eigenvalue weighted by atomic mass is 9.86. The Kier molecular flexibility index (Phi) is 29.6. The van der Waals surface area contributed by atoms with Gasteiger partial charge in [-0.1, -0.05) is 100 Å². The van der Waals surface area contributed by atoms with E-state index in [9.17, 15) is 9.13 Å². The van der Waals surface area contributed by atoms with Crippen LogP contribution in [-0.2, 0) is 23.4 Å². The van der Waals surface area contributed by atoms with Gasteiger partial charge < -0.3 is 4.52 Å². The van der Waals surface area contributed by atoms with Gasteiger partial charge in [0.25, 0.3) is 0 Å². The summed E-state index contributed by atoms with van der Waals surface area (Å²) < 4.78 is 29.2. The SMILES string of the molecule is CC.CC(COP=O)CC(C)(C)C.CCC(C)COOCC(C)CC.O=POc1ccccc1. The van der Waals surface area contributed by atoms with Gasteiger partial charge in [-0.15, -0.1) is 0 Å². The highest BCUT2D eigenvalue weighted by atomic mass is 31.1. The Balaban J connectivity index is -0.000000411. The largest absolute Gasteiger partial charge is 0.408 e. The van der Waals surface area contributed by atoms with E-state index in [1.54, 1.807) is 12.1 Å². The molecule has 0 radical (unpaired) electrons. The molecule has 3 atom stereocenters. The van der Waals surface area contributed by atoms with Gasteiger partial charge in [0.15, 0.2) is 0 Å². The second kappa shape index (κ2) is 26.7. The van der Waals surface area contributed by atoms with Crippen LogP contribution in [0.2, 0.25) is 0 Å². The van der Waals surface area contributed by atoms with Crippen molar-refractivity contribution in [2.24, 2.45) is 23.2 Å². The molecule has 1 aromatic rings. The van der Waals surface area contributed by atoms with Gasteiger partial charge in [0.05, 0.1) is 19.8 Å². The Bertz CT molecular complexity index is 540. The van der Waals surface area contributed by atoms with Crippen molar-refractivity contribution < 1.29 is 28.0 Å². The van der Waals surface area contributed by atoms with Crippen LogP contribution >= 0.6 is 17.4 Å². The minimum absolute atomic E-state index is 0.204. The summed E-state index contributed by atoms with van der Waals surface area (Å²) in [5.74, 6) is 2.30. The van der Waals surface area contributed by atoms with E-state index in [2.05, 4.69) is 59.9 Å². The molecule has 0 fully saturated rings. The molecule has 0 aliphatic rings. The molecule has 1 aromatic carbocycles. The highest BCUT2D eigenvalue weighted by molar-refractivity contribution is 7.17. The van der Waals surface area contributed by atoms with Crippen LogP contribution in [0.4, 0.5) is 0 Å². The van der Waals surface area contributed by atoms with Crippen molar-refractivity contribution in [2.75, 3.05) is 19.8 Å². The van der Waals surface area contributed by atoms with Gasteiger partial charge in [-0.05, 0) is 41.7 Å². The van der Waals surface area contributed by atoms with E-state index >= 15 is 0 Å². The number of hydrogen-bond donors (Lipinski definition) is 0. The molecule has 0 N–H and O–H groups in total. The fraction of sp³-hybridized carbons (Fsp3) is 0.769. The highest BCUT2D eigenvalue weighted by Crippen LogP contribution is 2.24. The van der Waals surface area contributed by atoms with E-state index in [1.807, 2.05) is 32.0 Å². The van der Waals surface area contributed by atoms with E-state index in [4.69, 9.17) is 14.3 Å². The fourth-order valence-corrected chi connectivity index (χ4v) is 2.87. The maximum absolute atomic E-state index is 9.95. The molecule has 0 amide bonds. The molecule has 0 aromatic heterocycles. The van der Waals surface area contributed by atoms with Crippen molar-refractivity contribution >= 4 is 17.4 Å². The molecule has 34 heavy (non-hydrogen) atoms. The van der Waals surface area contributed by atoms with E-state index in [-0.39, 0.29) is 17.4 Å². The molecule has 0 bridgehead atoms. The molecule has 0 saturated carbocycles. The Hall–Kier alpha value is -0.900. The first-order valence-electron chi connectivity index (χ1n) is 12.3. The van der Waals surface area contributed by atoms with Crippen LogP contribution in [0.25, 0.3) is 0 Å². The van der Waals surface area contributed by atoms with Gasteiger partial charge in [-0.25, -0.2) is 18.9 Å². The minimum Gasteiger partial charge on any atom is -0.408 e. The molecule has 6 nitrogen and oxygen atoms in total. The van der Waals surface area contributed by atoms with Gasteiger partial charge in [0, 0.05) is 0 Å². The zero-order valence-corrected chi connectivity index (χ0v) is 25.0. The van der Waals surface area contributed by atoms with E-state index in [0.29, 0.717) is 48.7 Å². The van der Waals surface area contributed by atoms with Crippen LogP contribution in [0.5, 0.6) is 5.75 Å². The lowest BCUT2D eigenvalue weighted by Crippen LogP contribution is -2.13. The third-order valence-electron chi connectivity index (χ3n) is 4.44. The van der Waals surface area contributed by atoms with Crippen LogP contribution in [0, 0.1) is 23.2 Å². The minimum atomic E-state index is -0.305. The number of rotatable bonds is 13. The van der Waals surface area contributed by atoms with Crippen LogP contribution in [-0.4, -0.2) is 19.8 Å². The molecule has 1 rings (SSSR count). The topological polar surface area (TPSA) is 71.1 Å². The second-order valence-corrected chi connectivity index (χ2v) is 10.1. The smallest absolute Gasteiger partial charge is 0.395 e. The maximum Gasteiger partial charge on any atom is 0.395 e. The van der Waals surface area contributed by atoms with E-state index in [0.717, 1.165) is 19.3 Å². The van der Waals surface area contributed by atoms with Crippen molar-refractivity contribution in [3.8, 4) is 5.75 Å². The summed E-state index contributed by atoms with van der Waals surface area (Å²) in [6.45, 7) is 23.3. The molecule has 0 spiro atoms. The van der Waals surface area contributed by atoms with E-state index < -0.39 is 0 Å². The molecule has 0 heterocycles. The lowest BCUT2D eigenvalue weighted by molar-refractivity contribution is -0.306. The zero-order valence-electron chi connectivity index (χ0n) is 23.2. The van der Waals surface area contributed by atoms with Crippen LogP contribution < -0.4 is 4.52 Å². The summed E-state index contributed by atoms with van der Waals surface area (Å²) in [7, 11) is -0.509. The number of hydrogen-bond acceptors (Lipinski definition) is 6. The average Bonchev–Trinajstić information content (AvgIpc) is 2.82. The molecule has 200 valence electrons. The Morgan fingerprint density at radius 2 is 1.24 bits per heavy atom. The summed E-state index contributed by atoms with van der Waals surface area (Å²) in [5.41, 5.74) is 0.336. The van der Waals surface area contributed by atoms with Crippen LogP contribution in [0.15, 0.2) is 30.3 Å². The lowest BCUT2D eigenvalue weighted by Gasteiger charge is -2.21. The molecule has 0 aliphatic carbocycles. The molecular formula is C26H50O6P2. The first-order chi connectivity index (χ1) is 16.1. The maximum atomic E-state index is 9.95. The Morgan fingerprint density at radius 3 is 1.59 bits per heavy atom. The summed E-state index contributed by atoms with van der Waals surface area (Å²) >= 11 is 0. The highest BCUT2D eigenvalue weighted by Gasteiger charge is 2.15. The summed E-state index contributed by atoms with van der Waals surface area (Å²) in [5, 5.41) is 0. The van der Waals surface area contributed by atoms with Gasteiger partial charge in [0.1, 0.15) is 5.75 Å². The van der Waals surface area contributed by atoms with Crippen molar-refractivity contribution in [1.82, 2.24) is 0 Å². The quantitative estimate of drug-likeness (QED) is 0.112. The predicted octanol–water partition coefficient (Wildman–Crippen LogP) is 9.61. The van der Waals surface area contributed by atoms with E-state index in [1.165, 1.54) is 0 Å². The van der Waals surface area contributed by atoms with Gasteiger partial charge in [0.2, 0.25) is 0 Å². The number of benzene rings is 1. The second-order valence-electron chi connectivity index (χ2n) is 9.32. The summed E-state index contributed by atoms with van der Waals surface area (Å²) in [6, 6.07) is 8.99. The van der Waals surface area contributed by atoms with Crippen molar-refractivity contribution in [1.29, 1.82) is 0 Å². The molecule has 3 unspecified atom stereocenters. The van der Waals surface area contributed by atoms with Crippen molar-refractivity contribution in [2.45, 2.75) is 88.5 Å². The first kappa shape index (κ1) is 37.6. The standard InChI is InChI=1S/C10H22O2.C8H17O2P.C6H5O2P.C2H6/c1-5-9(3)7-11-12-8-10(4)6-2;1-7(6-10-11-9)5-8(2,3)4;7-9-8-6-4-2-1-3-5-6;1-2/h9-10H,5-8H2,1-4H3;7H,5-6H2,1-4H3;1-5H;1-2H3.